The minimum absolute atomic E-state index is 0.462. The van der Waals surface area contributed by atoms with Crippen molar-refractivity contribution in [3.63, 3.8) is 0 Å². The number of carbonyl (C=O) groups excluding carboxylic acids is 1. The number of hydrogen-bond acceptors (Lipinski definition) is 2. The number of nitrogens with one attached hydrogen (secondary N) is 1. The topological polar surface area (TPSA) is 29.1 Å². The number of rotatable bonds is 1. The molecule has 2 aliphatic rings. The van der Waals surface area contributed by atoms with Crippen molar-refractivity contribution in [2.24, 2.45) is 5.41 Å². The highest BCUT2D eigenvalue weighted by Gasteiger charge is 2.42. The third kappa shape index (κ3) is 1.52. The Labute approximate surface area is 80.1 Å². The molecule has 0 aromatic carbocycles. The van der Waals surface area contributed by atoms with Crippen molar-refractivity contribution in [1.82, 2.24) is 5.32 Å². The van der Waals surface area contributed by atoms with Crippen LogP contribution in [0.5, 0.6) is 0 Å². The van der Waals surface area contributed by atoms with E-state index in [2.05, 4.69) is 12.2 Å². The van der Waals surface area contributed by atoms with Crippen LogP contribution in [0.1, 0.15) is 45.4 Å². The molecule has 0 bridgehead atoms. The van der Waals surface area contributed by atoms with Gasteiger partial charge in [-0.05, 0) is 37.6 Å². The van der Waals surface area contributed by atoms with E-state index >= 15 is 0 Å². The lowest BCUT2D eigenvalue weighted by Crippen LogP contribution is -2.53. The summed E-state index contributed by atoms with van der Waals surface area (Å²) >= 11 is 0. The minimum atomic E-state index is 0.462. The molecule has 74 valence electrons. The first kappa shape index (κ1) is 9.20. The summed E-state index contributed by atoms with van der Waals surface area (Å²) in [6.45, 7) is 3.38. The third-order valence-electron chi connectivity index (χ3n) is 4.02. The van der Waals surface area contributed by atoms with Crippen LogP contribution in [0.3, 0.4) is 0 Å². The van der Waals surface area contributed by atoms with Gasteiger partial charge in [-0.3, -0.25) is 4.79 Å². The SMILES string of the molecule is CC[C@]12CCCN[C@H]1CC(=O)CC2. The van der Waals surface area contributed by atoms with Crippen molar-refractivity contribution in [3.8, 4) is 0 Å². The van der Waals surface area contributed by atoms with Crippen LogP contribution in [0, 0.1) is 5.41 Å². The maximum absolute atomic E-state index is 11.3. The van der Waals surface area contributed by atoms with Gasteiger partial charge < -0.3 is 5.32 Å². The van der Waals surface area contributed by atoms with Gasteiger partial charge in [0, 0.05) is 18.9 Å². The number of Topliss-reactive ketones (excluding diaryl/α,β-unsaturated/α-hetero) is 1. The predicted octanol–water partition coefficient (Wildman–Crippen LogP) is 1.89. The molecule has 2 fully saturated rings. The van der Waals surface area contributed by atoms with E-state index in [0.717, 1.165) is 25.8 Å². The Morgan fingerprint density at radius 2 is 2.38 bits per heavy atom. The largest absolute Gasteiger partial charge is 0.313 e. The number of fused-ring (bicyclic) bond motifs is 1. The van der Waals surface area contributed by atoms with Gasteiger partial charge >= 0.3 is 0 Å². The molecular weight excluding hydrogens is 162 g/mol. The summed E-state index contributed by atoms with van der Waals surface area (Å²) in [4.78, 5) is 11.3. The summed E-state index contributed by atoms with van der Waals surface area (Å²) in [5.74, 6) is 0.462. The maximum Gasteiger partial charge on any atom is 0.134 e. The molecule has 0 spiro atoms. The Morgan fingerprint density at radius 1 is 1.54 bits per heavy atom. The monoisotopic (exact) mass is 181 g/mol. The second-order valence-corrected chi connectivity index (χ2v) is 4.57. The number of carbonyl (C=O) groups is 1. The van der Waals surface area contributed by atoms with E-state index in [1.165, 1.54) is 19.3 Å². The lowest BCUT2D eigenvalue weighted by atomic mass is 9.64. The molecule has 1 saturated carbocycles. The van der Waals surface area contributed by atoms with E-state index in [4.69, 9.17) is 0 Å². The zero-order valence-corrected chi connectivity index (χ0v) is 8.44. The lowest BCUT2D eigenvalue weighted by molar-refractivity contribution is -0.124. The average Bonchev–Trinajstić information content (AvgIpc) is 2.18. The van der Waals surface area contributed by atoms with Crippen molar-refractivity contribution in [2.75, 3.05) is 6.54 Å². The third-order valence-corrected chi connectivity index (χ3v) is 4.02. The molecule has 1 N–H and O–H groups in total. The van der Waals surface area contributed by atoms with E-state index in [-0.39, 0.29) is 0 Å². The molecule has 0 aromatic heterocycles. The number of ketones is 1. The van der Waals surface area contributed by atoms with Crippen LogP contribution in [0.2, 0.25) is 0 Å². The second-order valence-electron chi connectivity index (χ2n) is 4.57. The van der Waals surface area contributed by atoms with Gasteiger partial charge in [-0.2, -0.15) is 0 Å². The van der Waals surface area contributed by atoms with Gasteiger partial charge in [-0.15, -0.1) is 0 Å². The number of piperidine rings is 1. The summed E-state index contributed by atoms with van der Waals surface area (Å²) < 4.78 is 0. The van der Waals surface area contributed by atoms with Crippen LogP contribution in [-0.4, -0.2) is 18.4 Å². The highest BCUT2D eigenvalue weighted by Crippen LogP contribution is 2.43. The normalized spacial score (nSPS) is 40.1. The Morgan fingerprint density at radius 3 is 3.15 bits per heavy atom. The summed E-state index contributed by atoms with van der Waals surface area (Å²) in [6.07, 6.45) is 6.59. The molecule has 0 unspecified atom stereocenters. The fourth-order valence-corrected chi connectivity index (χ4v) is 3.01. The summed E-state index contributed by atoms with van der Waals surface area (Å²) in [6, 6.07) is 0.493. The Bertz CT molecular complexity index is 214. The van der Waals surface area contributed by atoms with Crippen molar-refractivity contribution in [3.05, 3.63) is 0 Å². The van der Waals surface area contributed by atoms with Gasteiger partial charge in [-0.1, -0.05) is 6.92 Å². The lowest BCUT2D eigenvalue weighted by Gasteiger charge is -2.47. The van der Waals surface area contributed by atoms with E-state index < -0.39 is 0 Å². The first-order valence-corrected chi connectivity index (χ1v) is 5.52. The van der Waals surface area contributed by atoms with E-state index in [1.807, 2.05) is 0 Å². The van der Waals surface area contributed by atoms with Crippen LogP contribution in [0.25, 0.3) is 0 Å². The fourth-order valence-electron chi connectivity index (χ4n) is 3.01. The standard InChI is InChI=1S/C11H19NO/c1-2-11-5-3-7-12-10(11)8-9(13)4-6-11/h10,12H,2-8H2,1H3/t10-,11+/m0/s1. The predicted molar refractivity (Wildman–Crippen MR) is 52.6 cm³/mol. The van der Waals surface area contributed by atoms with Gasteiger partial charge in [0.05, 0.1) is 0 Å². The molecule has 1 saturated heterocycles. The highest BCUT2D eigenvalue weighted by molar-refractivity contribution is 5.80. The smallest absolute Gasteiger partial charge is 0.134 e. The van der Waals surface area contributed by atoms with Crippen LogP contribution in [-0.2, 0) is 4.79 Å². The Hall–Kier alpha value is -0.370. The zero-order valence-electron chi connectivity index (χ0n) is 8.44. The first-order valence-electron chi connectivity index (χ1n) is 5.52. The zero-order chi connectivity index (χ0) is 9.31. The van der Waals surface area contributed by atoms with E-state index in [1.54, 1.807) is 0 Å². The molecule has 1 aliphatic heterocycles. The highest BCUT2D eigenvalue weighted by atomic mass is 16.1. The molecule has 2 heteroatoms. The molecule has 2 nitrogen and oxygen atoms in total. The minimum Gasteiger partial charge on any atom is -0.313 e. The van der Waals surface area contributed by atoms with Crippen molar-refractivity contribution in [1.29, 1.82) is 0 Å². The molecule has 2 atom stereocenters. The Balaban J connectivity index is 2.14. The molecular formula is C11H19NO. The van der Waals surface area contributed by atoms with E-state index in [0.29, 0.717) is 17.2 Å². The fraction of sp³-hybridized carbons (Fsp3) is 0.909. The first-order chi connectivity index (χ1) is 6.27. The summed E-state index contributed by atoms with van der Waals surface area (Å²) in [7, 11) is 0. The number of hydrogen-bond donors (Lipinski definition) is 1. The Kier molecular flexibility index (Phi) is 2.41. The van der Waals surface area contributed by atoms with Crippen molar-refractivity contribution < 1.29 is 4.79 Å². The molecule has 2 rings (SSSR count). The van der Waals surface area contributed by atoms with Crippen LogP contribution >= 0.6 is 0 Å². The van der Waals surface area contributed by atoms with Crippen molar-refractivity contribution in [2.45, 2.75) is 51.5 Å². The maximum atomic E-state index is 11.3. The molecule has 13 heavy (non-hydrogen) atoms. The molecule has 0 radical (unpaired) electrons. The summed E-state index contributed by atoms with van der Waals surface area (Å²) in [5.41, 5.74) is 0.464. The van der Waals surface area contributed by atoms with Gasteiger partial charge in [0.25, 0.3) is 0 Å². The van der Waals surface area contributed by atoms with E-state index in [9.17, 15) is 4.79 Å². The molecule has 0 aromatic rings. The molecule has 1 heterocycles. The van der Waals surface area contributed by atoms with Crippen LogP contribution in [0.15, 0.2) is 0 Å². The van der Waals surface area contributed by atoms with Crippen LogP contribution < -0.4 is 5.32 Å². The average molecular weight is 181 g/mol. The van der Waals surface area contributed by atoms with Gasteiger partial charge in [-0.25, -0.2) is 0 Å². The van der Waals surface area contributed by atoms with Crippen molar-refractivity contribution >= 4 is 5.78 Å². The quantitative estimate of drug-likeness (QED) is 0.669. The van der Waals surface area contributed by atoms with Crippen LogP contribution in [0.4, 0.5) is 0 Å². The summed E-state index contributed by atoms with van der Waals surface area (Å²) in [5, 5.41) is 3.52. The van der Waals surface area contributed by atoms with Gasteiger partial charge in [0.2, 0.25) is 0 Å². The molecule has 0 amide bonds. The van der Waals surface area contributed by atoms with Gasteiger partial charge in [0.15, 0.2) is 0 Å². The molecule has 1 aliphatic carbocycles. The van der Waals surface area contributed by atoms with Gasteiger partial charge in [0.1, 0.15) is 5.78 Å². The second kappa shape index (κ2) is 3.41.